The normalized spacial score (nSPS) is 12.0. The quantitative estimate of drug-likeness (QED) is 0.559. The van der Waals surface area contributed by atoms with Crippen molar-refractivity contribution >= 4 is 0 Å². The molecule has 0 bridgehead atoms. The molecular weight excluding hydrogens is 136 g/mol. The Bertz CT molecular complexity index is 79.8. The van der Waals surface area contributed by atoms with Gasteiger partial charge in [0.25, 0.3) is 5.97 Å². The average Bonchev–Trinajstić information content (AvgIpc) is 2.00. The molecule has 0 aliphatic heterocycles. The van der Waals surface area contributed by atoms with Gasteiger partial charge in [-0.25, -0.2) is 0 Å². The van der Waals surface area contributed by atoms with Crippen LogP contribution in [0.5, 0.6) is 0 Å². The zero-order valence-corrected chi connectivity index (χ0v) is 6.59. The molecule has 0 atom stereocenters. The first-order valence-electron chi connectivity index (χ1n) is 3.03. The van der Waals surface area contributed by atoms with Gasteiger partial charge in [0.15, 0.2) is 0 Å². The van der Waals surface area contributed by atoms with Gasteiger partial charge >= 0.3 is 0 Å². The van der Waals surface area contributed by atoms with E-state index in [1.165, 1.54) is 14.2 Å². The lowest BCUT2D eigenvalue weighted by Crippen LogP contribution is -2.34. The third-order valence-electron chi connectivity index (χ3n) is 1.20. The Kier molecular flexibility index (Phi) is 4.55. The fraction of sp³-hybridized carbons (Fsp3) is 1.00. The van der Waals surface area contributed by atoms with Crippen LogP contribution in [-0.2, 0) is 14.2 Å². The third kappa shape index (κ3) is 3.12. The lowest BCUT2D eigenvalue weighted by Gasteiger charge is -2.25. The summed E-state index contributed by atoms with van der Waals surface area (Å²) in [7, 11) is 2.95. The van der Waals surface area contributed by atoms with E-state index in [0.29, 0.717) is 0 Å². The molecule has 1 N–H and O–H groups in total. The van der Waals surface area contributed by atoms with Gasteiger partial charge in [0.05, 0.1) is 13.2 Å². The second-order valence-electron chi connectivity index (χ2n) is 1.84. The van der Waals surface area contributed by atoms with Crippen LogP contribution < -0.4 is 0 Å². The van der Waals surface area contributed by atoms with Crippen molar-refractivity contribution < 1.29 is 19.3 Å². The van der Waals surface area contributed by atoms with Gasteiger partial charge in [-0.05, 0) is 0 Å². The summed E-state index contributed by atoms with van der Waals surface area (Å²) >= 11 is 0. The van der Waals surface area contributed by atoms with Gasteiger partial charge in [-0.1, -0.05) is 0 Å². The summed E-state index contributed by atoms with van der Waals surface area (Å²) in [6.45, 7) is 1.79. The Balaban J connectivity index is 3.58. The van der Waals surface area contributed by atoms with Crippen LogP contribution >= 0.6 is 0 Å². The molecule has 0 spiro atoms. The van der Waals surface area contributed by atoms with Crippen LogP contribution in [0.15, 0.2) is 0 Å². The topological polar surface area (TPSA) is 47.9 Å². The third-order valence-corrected chi connectivity index (χ3v) is 1.20. The van der Waals surface area contributed by atoms with Gasteiger partial charge in [0, 0.05) is 21.1 Å². The fourth-order valence-corrected chi connectivity index (χ4v) is 0.432. The van der Waals surface area contributed by atoms with Crippen LogP contribution in [0.2, 0.25) is 0 Å². The number of aliphatic hydroxyl groups is 1. The summed E-state index contributed by atoms with van der Waals surface area (Å²) in [6, 6.07) is 0. The van der Waals surface area contributed by atoms with E-state index in [-0.39, 0.29) is 13.2 Å². The Labute approximate surface area is 60.7 Å². The van der Waals surface area contributed by atoms with E-state index in [9.17, 15) is 0 Å². The second-order valence-corrected chi connectivity index (χ2v) is 1.84. The first kappa shape index (κ1) is 9.84. The number of ether oxygens (including phenoxy) is 3. The van der Waals surface area contributed by atoms with E-state index < -0.39 is 5.97 Å². The van der Waals surface area contributed by atoms with Crippen molar-refractivity contribution in [3.63, 3.8) is 0 Å². The minimum atomic E-state index is -1.03. The van der Waals surface area contributed by atoms with Crippen molar-refractivity contribution in [2.75, 3.05) is 27.4 Å². The maximum atomic E-state index is 8.38. The highest BCUT2D eigenvalue weighted by atomic mass is 16.9. The van der Waals surface area contributed by atoms with E-state index >= 15 is 0 Å². The lowest BCUT2D eigenvalue weighted by molar-refractivity contribution is -0.351. The Morgan fingerprint density at radius 3 is 2.10 bits per heavy atom. The largest absolute Gasteiger partial charge is 0.394 e. The van der Waals surface area contributed by atoms with E-state index in [1.54, 1.807) is 6.92 Å². The van der Waals surface area contributed by atoms with Gasteiger partial charge < -0.3 is 19.3 Å². The molecule has 62 valence electrons. The van der Waals surface area contributed by atoms with Gasteiger partial charge in [-0.2, -0.15) is 0 Å². The molecule has 0 aliphatic rings. The van der Waals surface area contributed by atoms with Crippen molar-refractivity contribution in [2.45, 2.75) is 12.9 Å². The predicted molar refractivity (Wildman–Crippen MR) is 35.5 cm³/mol. The standard InChI is InChI=1S/C6H14O4/c1-6(8-2,9-3)10-5-4-7/h7H,4-5H2,1-3H3. The molecule has 0 aliphatic carbocycles. The van der Waals surface area contributed by atoms with Gasteiger partial charge in [-0.15, -0.1) is 0 Å². The summed E-state index contributed by atoms with van der Waals surface area (Å²) in [5, 5.41) is 8.38. The van der Waals surface area contributed by atoms with Crippen LogP contribution in [0.25, 0.3) is 0 Å². The minimum absolute atomic E-state index is 0.0394. The lowest BCUT2D eigenvalue weighted by atomic mass is 10.6. The molecule has 0 unspecified atom stereocenters. The maximum Gasteiger partial charge on any atom is 0.279 e. The molecule has 0 aromatic heterocycles. The van der Waals surface area contributed by atoms with Crippen molar-refractivity contribution in [1.82, 2.24) is 0 Å². The van der Waals surface area contributed by atoms with Crippen molar-refractivity contribution in [1.29, 1.82) is 0 Å². The van der Waals surface area contributed by atoms with Crippen molar-refractivity contribution in [2.24, 2.45) is 0 Å². The number of hydrogen-bond donors (Lipinski definition) is 1. The molecule has 0 heterocycles. The minimum Gasteiger partial charge on any atom is -0.394 e. The number of aliphatic hydroxyl groups excluding tert-OH is 1. The molecule has 0 saturated carbocycles. The molecule has 0 saturated heterocycles. The zero-order chi connectivity index (χ0) is 8.04. The monoisotopic (exact) mass is 150 g/mol. The SMILES string of the molecule is COC(C)(OC)OCCO. The Hall–Kier alpha value is -0.160. The maximum absolute atomic E-state index is 8.38. The molecule has 0 amide bonds. The molecule has 0 aromatic rings. The molecule has 0 fully saturated rings. The molecule has 0 rings (SSSR count). The predicted octanol–water partition coefficient (Wildman–Crippen LogP) is -0.0382. The molecular formula is C6H14O4. The number of methoxy groups -OCH3 is 2. The highest BCUT2D eigenvalue weighted by Crippen LogP contribution is 2.10. The molecule has 4 nitrogen and oxygen atoms in total. The Morgan fingerprint density at radius 1 is 1.30 bits per heavy atom. The van der Waals surface area contributed by atoms with Gasteiger partial charge in [0.2, 0.25) is 0 Å². The van der Waals surface area contributed by atoms with Gasteiger partial charge in [-0.3, -0.25) is 0 Å². The summed E-state index contributed by atoms with van der Waals surface area (Å²) in [5.41, 5.74) is 0. The van der Waals surface area contributed by atoms with E-state index in [0.717, 1.165) is 0 Å². The van der Waals surface area contributed by atoms with Crippen LogP contribution in [0.3, 0.4) is 0 Å². The number of rotatable bonds is 5. The van der Waals surface area contributed by atoms with Crippen LogP contribution in [0.1, 0.15) is 6.92 Å². The zero-order valence-electron chi connectivity index (χ0n) is 6.59. The average molecular weight is 150 g/mol. The highest BCUT2D eigenvalue weighted by molar-refractivity contribution is 4.43. The first-order chi connectivity index (χ1) is 4.68. The van der Waals surface area contributed by atoms with Crippen LogP contribution in [0.4, 0.5) is 0 Å². The highest BCUT2D eigenvalue weighted by Gasteiger charge is 2.22. The number of hydrogen-bond acceptors (Lipinski definition) is 4. The van der Waals surface area contributed by atoms with Crippen LogP contribution in [-0.4, -0.2) is 38.5 Å². The van der Waals surface area contributed by atoms with Crippen molar-refractivity contribution in [3.8, 4) is 0 Å². The molecule has 0 radical (unpaired) electrons. The van der Waals surface area contributed by atoms with E-state index in [4.69, 9.17) is 19.3 Å². The summed E-state index contributed by atoms with van der Waals surface area (Å²) in [4.78, 5) is 0. The smallest absolute Gasteiger partial charge is 0.279 e. The molecule has 0 aromatic carbocycles. The van der Waals surface area contributed by atoms with E-state index in [1.807, 2.05) is 0 Å². The second kappa shape index (κ2) is 4.62. The first-order valence-corrected chi connectivity index (χ1v) is 3.03. The van der Waals surface area contributed by atoms with Crippen molar-refractivity contribution in [3.05, 3.63) is 0 Å². The van der Waals surface area contributed by atoms with Crippen LogP contribution in [0, 0.1) is 0 Å². The summed E-state index contributed by atoms with van der Waals surface area (Å²) < 4.78 is 14.6. The summed E-state index contributed by atoms with van der Waals surface area (Å²) in [5.74, 6) is -1.03. The molecule has 10 heavy (non-hydrogen) atoms. The van der Waals surface area contributed by atoms with E-state index in [2.05, 4.69) is 0 Å². The Morgan fingerprint density at radius 2 is 1.80 bits per heavy atom. The van der Waals surface area contributed by atoms with Gasteiger partial charge in [0.1, 0.15) is 0 Å². The summed E-state index contributed by atoms with van der Waals surface area (Å²) in [6.07, 6.45) is 0. The fourth-order valence-electron chi connectivity index (χ4n) is 0.432. The molecule has 4 heteroatoms.